The number of morpholine rings is 1. The summed E-state index contributed by atoms with van der Waals surface area (Å²) < 4.78 is 11.9. The molecule has 2 heterocycles. The van der Waals surface area contributed by atoms with Crippen LogP contribution in [-0.2, 0) is 14.3 Å². The molecule has 0 saturated carbocycles. The van der Waals surface area contributed by atoms with E-state index in [1.165, 1.54) is 11.8 Å². The van der Waals surface area contributed by atoms with Gasteiger partial charge >= 0.3 is 5.97 Å². The highest BCUT2D eigenvalue weighted by Crippen LogP contribution is 2.19. The van der Waals surface area contributed by atoms with Gasteiger partial charge < -0.3 is 14.4 Å². The van der Waals surface area contributed by atoms with Crippen molar-refractivity contribution in [2.75, 3.05) is 38.7 Å². The lowest BCUT2D eigenvalue weighted by atomic mass is 10.2. The molecule has 0 bridgehead atoms. The van der Waals surface area contributed by atoms with Crippen LogP contribution < -0.4 is 0 Å². The maximum absolute atomic E-state index is 12.3. The number of esters is 1. The number of ether oxygens (including phenoxy) is 2. The average molecular weight is 391 g/mol. The number of benzene rings is 1. The molecule has 144 valence electrons. The second-order valence-electron chi connectivity index (χ2n) is 5.84. The number of rotatable bonds is 7. The van der Waals surface area contributed by atoms with Crippen molar-refractivity contribution in [1.29, 1.82) is 0 Å². The fraction of sp³-hybridized carbons (Fsp3) is 0.471. The summed E-state index contributed by atoms with van der Waals surface area (Å²) in [7, 11) is 0. The first kappa shape index (κ1) is 19.3. The molecule has 1 aromatic heterocycles. The Kier molecular flexibility index (Phi) is 6.77. The number of tetrazole rings is 1. The molecule has 3 rings (SSSR count). The number of nitrogens with zero attached hydrogens (tertiary/aromatic N) is 5. The molecular formula is C17H21N5O4S. The average Bonchev–Trinajstić information content (AvgIpc) is 3.19. The lowest BCUT2D eigenvalue weighted by molar-refractivity contribution is -0.132. The Hall–Kier alpha value is -2.46. The molecule has 0 unspecified atom stereocenters. The van der Waals surface area contributed by atoms with E-state index in [1.54, 1.807) is 33.8 Å². The van der Waals surface area contributed by atoms with E-state index in [1.807, 2.05) is 6.92 Å². The van der Waals surface area contributed by atoms with Crippen LogP contribution in [0.3, 0.4) is 0 Å². The predicted octanol–water partition coefficient (Wildman–Crippen LogP) is 1.18. The first-order valence-corrected chi connectivity index (χ1v) is 9.72. The van der Waals surface area contributed by atoms with Crippen molar-refractivity contribution in [2.24, 2.45) is 0 Å². The summed E-state index contributed by atoms with van der Waals surface area (Å²) in [5.74, 6) is -0.0698. The normalized spacial score (nSPS) is 14.2. The van der Waals surface area contributed by atoms with Crippen LogP contribution in [0.2, 0.25) is 0 Å². The molecular weight excluding hydrogens is 370 g/mol. The van der Waals surface area contributed by atoms with Crippen molar-refractivity contribution >= 4 is 23.6 Å². The van der Waals surface area contributed by atoms with Gasteiger partial charge in [-0.05, 0) is 41.1 Å². The topological polar surface area (TPSA) is 99.4 Å². The third-order valence-electron chi connectivity index (χ3n) is 3.91. The van der Waals surface area contributed by atoms with Gasteiger partial charge in [0.05, 0.1) is 36.8 Å². The van der Waals surface area contributed by atoms with Gasteiger partial charge in [0.2, 0.25) is 11.1 Å². The van der Waals surface area contributed by atoms with Gasteiger partial charge in [0, 0.05) is 13.1 Å². The van der Waals surface area contributed by atoms with Crippen LogP contribution >= 0.6 is 11.8 Å². The molecule has 1 aliphatic rings. The predicted molar refractivity (Wildman–Crippen MR) is 97.9 cm³/mol. The standard InChI is InChI=1S/C17H21N5O4S/c1-2-9-26-16(24)13-3-5-14(6-4-13)22-17(18-19-20-22)27-12-15(23)21-7-10-25-11-8-21/h3-6H,2,7-12H2,1H3. The zero-order chi connectivity index (χ0) is 19.1. The van der Waals surface area contributed by atoms with Crippen molar-refractivity contribution in [3.63, 3.8) is 0 Å². The van der Waals surface area contributed by atoms with E-state index in [9.17, 15) is 9.59 Å². The lowest BCUT2D eigenvalue weighted by Gasteiger charge is -2.26. The second-order valence-corrected chi connectivity index (χ2v) is 6.78. The van der Waals surface area contributed by atoms with E-state index >= 15 is 0 Å². The maximum Gasteiger partial charge on any atom is 0.338 e. The molecule has 1 fully saturated rings. The fourth-order valence-electron chi connectivity index (χ4n) is 2.48. The molecule has 1 saturated heterocycles. The number of aromatic nitrogens is 4. The summed E-state index contributed by atoms with van der Waals surface area (Å²) in [5.41, 5.74) is 1.17. The van der Waals surface area contributed by atoms with Gasteiger partial charge in [-0.25, -0.2) is 4.79 Å². The molecule has 1 amide bonds. The fourth-order valence-corrected chi connectivity index (χ4v) is 3.27. The highest BCUT2D eigenvalue weighted by molar-refractivity contribution is 7.99. The number of amides is 1. The quantitative estimate of drug-likeness (QED) is 0.512. The number of hydrogen-bond acceptors (Lipinski definition) is 8. The van der Waals surface area contributed by atoms with Gasteiger partial charge in [-0.3, -0.25) is 4.79 Å². The van der Waals surface area contributed by atoms with Gasteiger partial charge in [-0.15, -0.1) is 5.10 Å². The number of carbonyl (C=O) groups excluding carboxylic acids is 2. The van der Waals surface area contributed by atoms with Gasteiger partial charge in [-0.1, -0.05) is 18.7 Å². The van der Waals surface area contributed by atoms with Crippen LogP contribution in [0.1, 0.15) is 23.7 Å². The van der Waals surface area contributed by atoms with Crippen LogP contribution in [0, 0.1) is 0 Å². The number of hydrogen-bond donors (Lipinski definition) is 0. The Balaban J connectivity index is 1.62. The van der Waals surface area contributed by atoms with Gasteiger partial charge in [0.15, 0.2) is 0 Å². The van der Waals surface area contributed by atoms with E-state index in [4.69, 9.17) is 9.47 Å². The van der Waals surface area contributed by atoms with Crippen molar-refractivity contribution in [3.05, 3.63) is 29.8 Å². The summed E-state index contributed by atoms with van der Waals surface area (Å²) >= 11 is 1.28. The summed E-state index contributed by atoms with van der Waals surface area (Å²) in [6, 6.07) is 6.82. The highest BCUT2D eigenvalue weighted by atomic mass is 32.2. The Labute approximate surface area is 161 Å². The third-order valence-corrected chi connectivity index (χ3v) is 4.82. The van der Waals surface area contributed by atoms with E-state index in [-0.39, 0.29) is 17.6 Å². The minimum absolute atomic E-state index is 0.0341. The van der Waals surface area contributed by atoms with Gasteiger partial charge in [0.1, 0.15) is 0 Å². The van der Waals surface area contributed by atoms with Crippen LogP contribution in [-0.4, -0.2) is 75.6 Å². The van der Waals surface area contributed by atoms with E-state index in [0.29, 0.717) is 49.3 Å². The van der Waals surface area contributed by atoms with Crippen molar-refractivity contribution in [3.8, 4) is 5.69 Å². The minimum Gasteiger partial charge on any atom is -0.462 e. The van der Waals surface area contributed by atoms with E-state index in [0.717, 1.165) is 6.42 Å². The summed E-state index contributed by atoms with van der Waals surface area (Å²) in [5, 5.41) is 12.2. The first-order valence-electron chi connectivity index (χ1n) is 8.73. The summed E-state index contributed by atoms with van der Waals surface area (Å²) in [6.07, 6.45) is 0.776. The molecule has 0 N–H and O–H groups in total. The second kappa shape index (κ2) is 9.47. The van der Waals surface area contributed by atoms with E-state index < -0.39 is 0 Å². The molecule has 0 aliphatic carbocycles. The molecule has 2 aromatic rings. The molecule has 10 heteroatoms. The number of thioether (sulfide) groups is 1. The van der Waals surface area contributed by atoms with Crippen LogP contribution in [0.5, 0.6) is 0 Å². The SMILES string of the molecule is CCCOC(=O)c1ccc(-n2nnnc2SCC(=O)N2CCOCC2)cc1. The molecule has 27 heavy (non-hydrogen) atoms. The Morgan fingerprint density at radius 1 is 1.22 bits per heavy atom. The Morgan fingerprint density at radius 2 is 1.96 bits per heavy atom. The van der Waals surface area contributed by atoms with Crippen molar-refractivity contribution in [2.45, 2.75) is 18.5 Å². The lowest BCUT2D eigenvalue weighted by Crippen LogP contribution is -2.41. The third kappa shape index (κ3) is 5.04. The zero-order valence-electron chi connectivity index (χ0n) is 15.0. The van der Waals surface area contributed by atoms with Gasteiger partial charge in [-0.2, -0.15) is 4.68 Å². The summed E-state index contributed by atoms with van der Waals surface area (Å²) in [6.45, 7) is 4.70. The monoisotopic (exact) mass is 391 g/mol. The molecule has 1 aromatic carbocycles. The number of carbonyl (C=O) groups is 2. The zero-order valence-corrected chi connectivity index (χ0v) is 15.9. The van der Waals surface area contributed by atoms with Gasteiger partial charge in [0.25, 0.3) is 0 Å². The molecule has 0 spiro atoms. The first-order chi connectivity index (χ1) is 13.2. The van der Waals surface area contributed by atoms with Crippen molar-refractivity contribution in [1.82, 2.24) is 25.1 Å². The van der Waals surface area contributed by atoms with Crippen LogP contribution in [0.25, 0.3) is 5.69 Å². The highest BCUT2D eigenvalue weighted by Gasteiger charge is 2.19. The largest absolute Gasteiger partial charge is 0.462 e. The minimum atomic E-state index is -0.356. The summed E-state index contributed by atoms with van der Waals surface area (Å²) in [4.78, 5) is 25.9. The van der Waals surface area contributed by atoms with E-state index in [2.05, 4.69) is 15.5 Å². The Bertz CT molecular complexity index is 774. The molecule has 9 nitrogen and oxygen atoms in total. The van der Waals surface area contributed by atoms with Crippen LogP contribution in [0.4, 0.5) is 0 Å². The Morgan fingerprint density at radius 3 is 2.67 bits per heavy atom. The van der Waals surface area contributed by atoms with Crippen LogP contribution in [0.15, 0.2) is 29.4 Å². The smallest absolute Gasteiger partial charge is 0.338 e. The van der Waals surface area contributed by atoms with Crippen molar-refractivity contribution < 1.29 is 19.1 Å². The molecule has 1 aliphatic heterocycles. The molecule has 0 radical (unpaired) electrons. The molecule has 0 atom stereocenters. The maximum atomic E-state index is 12.3.